The molecule has 1 aromatic heterocycles. The zero-order valence-corrected chi connectivity index (χ0v) is 13.6. The van der Waals surface area contributed by atoms with Gasteiger partial charge in [-0.2, -0.15) is 0 Å². The van der Waals surface area contributed by atoms with E-state index in [1.807, 2.05) is 6.07 Å². The first-order chi connectivity index (χ1) is 9.12. The van der Waals surface area contributed by atoms with Crippen LogP contribution in [-0.4, -0.2) is 8.32 Å². The van der Waals surface area contributed by atoms with Crippen molar-refractivity contribution < 1.29 is 8.84 Å². The van der Waals surface area contributed by atoms with Crippen molar-refractivity contribution in [3.63, 3.8) is 0 Å². The molecule has 2 aromatic rings. The van der Waals surface area contributed by atoms with Crippen LogP contribution in [0.1, 0.15) is 20.8 Å². The minimum absolute atomic E-state index is 0.0995. The molecule has 0 amide bonds. The Morgan fingerprint density at radius 2 is 1.90 bits per heavy atom. The Bertz CT molecular complexity index is 698. The van der Waals surface area contributed by atoms with Crippen LogP contribution in [0.15, 0.2) is 33.7 Å². The molecular formula is C15H21NO3Si. The molecule has 0 fully saturated rings. The van der Waals surface area contributed by atoms with E-state index in [4.69, 9.17) is 14.6 Å². The van der Waals surface area contributed by atoms with Gasteiger partial charge in [0.2, 0.25) is 13.7 Å². The van der Waals surface area contributed by atoms with Crippen LogP contribution in [0.2, 0.25) is 18.1 Å². The molecule has 1 aromatic carbocycles. The van der Waals surface area contributed by atoms with Crippen LogP contribution in [0.5, 0.6) is 5.75 Å². The van der Waals surface area contributed by atoms with Gasteiger partial charge in [0.05, 0.1) is 5.39 Å². The lowest BCUT2D eigenvalue weighted by molar-refractivity contribution is 0.492. The molecule has 5 heteroatoms. The molecule has 0 aliphatic carbocycles. The molecule has 0 saturated carbocycles. The van der Waals surface area contributed by atoms with Gasteiger partial charge in [0, 0.05) is 0 Å². The molecule has 4 nitrogen and oxygen atoms in total. The van der Waals surface area contributed by atoms with Gasteiger partial charge >= 0.3 is 0 Å². The lowest BCUT2D eigenvalue weighted by Gasteiger charge is -2.36. The van der Waals surface area contributed by atoms with Gasteiger partial charge in [-0.05, 0) is 36.3 Å². The maximum absolute atomic E-state index is 12.0. The number of nitrogens with two attached hydrogens (primary N) is 1. The van der Waals surface area contributed by atoms with Crippen LogP contribution in [0.3, 0.4) is 0 Å². The third-order valence-electron chi connectivity index (χ3n) is 3.95. The fourth-order valence-corrected chi connectivity index (χ4v) is 2.66. The van der Waals surface area contributed by atoms with E-state index in [1.54, 1.807) is 12.1 Å². The Balaban J connectivity index is 2.48. The lowest BCUT2D eigenvalue weighted by atomic mass is 10.2. The molecule has 0 aliphatic rings. The summed E-state index contributed by atoms with van der Waals surface area (Å²) in [6.45, 7) is 10.9. The van der Waals surface area contributed by atoms with Gasteiger partial charge in [0.25, 0.3) is 0 Å². The molecule has 0 unspecified atom stereocenters. The van der Waals surface area contributed by atoms with E-state index in [9.17, 15) is 4.79 Å². The van der Waals surface area contributed by atoms with Crippen molar-refractivity contribution >= 4 is 25.0 Å². The van der Waals surface area contributed by atoms with Crippen LogP contribution in [-0.2, 0) is 0 Å². The third kappa shape index (κ3) is 2.58. The van der Waals surface area contributed by atoms with Gasteiger partial charge in [-0.3, -0.25) is 4.79 Å². The Morgan fingerprint density at radius 1 is 1.25 bits per heavy atom. The van der Waals surface area contributed by atoms with E-state index in [1.165, 1.54) is 6.26 Å². The number of fused-ring (bicyclic) bond motifs is 1. The Morgan fingerprint density at radius 3 is 2.50 bits per heavy atom. The number of rotatable bonds is 2. The van der Waals surface area contributed by atoms with Gasteiger partial charge in [-0.15, -0.1) is 0 Å². The van der Waals surface area contributed by atoms with E-state index < -0.39 is 8.32 Å². The molecular weight excluding hydrogens is 270 g/mol. The highest BCUT2D eigenvalue weighted by molar-refractivity contribution is 6.74. The molecule has 1 heterocycles. The van der Waals surface area contributed by atoms with Gasteiger partial charge in [0.1, 0.15) is 23.3 Å². The molecule has 108 valence electrons. The minimum Gasteiger partial charge on any atom is -0.543 e. The largest absolute Gasteiger partial charge is 0.543 e. The smallest absolute Gasteiger partial charge is 0.250 e. The number of hydrogen-bond donors (Lipinski definition) is 1. The molecule has 0 radical (unpaired) electrons. The number of anilines is 1. The van der Waals surface area contributed by atoms with Crippen LogP contribution >= 0.6 is 0 Å². The number of hydrogen-bond acceptors (Lipinski definition) is 4. The predicted molar refractivity (Wildman–Crippen MR) is 84.7 cm³/mol. The highest BCUT2D eigenvalue weighted by Crippen LogP contribution is 2.37. The monoisotopic (exact) mass is 291 g/mol. The van der Waals surface area contributed by atoms with Gasteiger partial charge < -0.3 is 14.6 Å². The molecule has 0 spiro atoms. The predicted octanol–water partition coefficient (Wildman–Crippen LogP) is 3.76. The molecule has 0 saturated heterocycles. The van der Waals surface area contributed by atoms with Crippen molar-refractivity contribution in [1.29, 1.82) is 0 Å². The average Bonchev–Trinajstić information content (AvgIpc) is 2.32. The van der Waals surface area contributed by atoms with Crippen molar-refractivity contribution in [2.45, 2.75) is 38.9 Å². The first-order valence-corrected chi connectivity index (χ1v) is 9.53. The highest BCUT2D eigenvalue weighted by atomic mass is 28.4. The highest BCUT2D eigenvalue weighted by Gasteiger charge is 2.39. The van der Waals surface area contributed by atoms with Crippen molar-refractivity contribution in [3.8, 4) is 5.75 Å². The second-order valence-corrected chi connectivity index (χ2v) is 11.3. The van der Waals surface area contributed by atoms with Crippen LogP contribution < -0.4 is 15.6 Å². The fourth-order valence-electron chi connectivity index (χ4n) is 1.64. The zero-order chi connectivity index (χ0) is 15.1. The van der Waals surface area contributed by atoms with Crippen LogP contribution in [0.4, 0.5) is 5.69 Å². The maximum Gasteiger partial charge on any atom is 0.250 e. The summed E-state index contributed by atoms with van der Waals surface area (Å²) >= 11 is 0. The molecule has 0 atom stereocenters. The third-order valence-corrected chi connectivity index (χ3v) is 8.31. The average molecular weight is 291 g/mol. The molecule has 2 rings (SSSR count). The summed E-state index contributed by atoms with van der Waals surface area (Å²) < 4.78 is 11.5. The summed E-state index contributed by atoms with van der Waals surface area (Å²) in [7, 11) is -1.93. The SMILES string of the molecule is CC(C)(C)[Si](C)(C)Oc1ccc2occ(N)c(=O)c2c1. The molecule has 0 aliphatic heterocycles. The van der Waals surface area contributed by atoms with Crippen molar-refractivity contribution in [2.24, 2.45) is 0 Å². The standard InChI is InChI=1S/C15H21NO3Si/c1-15(2,3)20(4,5)19-10-6-7-13-11(8-10)14(17)12(16)9-18-13/h6-9H,16H2,1-5H3. The maximum atomic E-state index is 12.0. The van der Waals surface area contributed by atoms with E-state index >= 15 is 0 Å². The topological polar surface area (TPSA) is 65.5 Å². The Labute approximate surface area is 119 Å². The molecule has 0 bridgehead atoms. The van der Waals surface area contributed by atoms with E-state index in [0.29, 0.717) is 16.7 Å². The fraction of sp³-hybridized carbons (Fsp3) is 0.400. The lowest BCUT2D eigenvalue weighted by Crippen LogP contribution is -2.43. The van der Waals surface area contributed by atoms with E-state index in [0.717, 1.165) is 0 Å². The quantitative estimate of drug-likeness (QED) is 0.856. The van der Waals surface area contributed by atoms with Crippen molar-refractivity contribution in [1.82, 2.24) is 0 Å². The van der Waals surface area contributed by atoms with Gasteiger partial charge in [0.15, 0.2) is 0 Å². The summed E-state index contributed by atoms with van der Waals surface area (Å²) in [6.07, 6.45) is 1.28. The summed E-state index contributed by atoms with van der Waals surface area (Å²) in [5, 5.41) is 0.559. The normalized spacial score (nSPS) is 12.7. The Kier molecular flexibility index (Phi) is 3.42. The number of nitrogen functional groups attached to an aromatic ring is 1. The second kappa shape index (κ2) is 4.66. The van der Waals surface area contributed by atoms with Crippen molar-refractivity contribution in [2.75, 3.05) is 5.73 Å². The van der Waals surface area contributed by atoms with Gasteiger partial charge in [-0.25, -0.2) is 0 Å². The number of benzene rings is 1. The summed E-state index contributed by atoms with van der Waals surface area (Å²) in [6, 6.07) is 5.30. The van der Waals surface area contributed by atoms with Crippen molar-refractivity contribution in [3.05, 3.63) is 34.7 Å². The molecule has 2 N–H and O–H groups in total. The minimum atomic E-state index is -1.93. The molecule has 20 heavy (non-hydrogen) atoms. The first-order valence-electron chi connectivity index (χ1n) is 6.62. The van der Waals surface area contributed by atoms with Gasteiger partial charge in [-0.1, -0.05) is 20.8 Å². The zero-order valence-electron chi connectivity index (χ0n) is 12.6. The van der Waals surface area contributed by atoms with Crippen LogP contribution in [0.25, 0.3) is 11.0 Å². The summed E-state index contributed by atoms with van der Waals surface area (Å²) in [5.74, 6) is 0.696. The van der Waals surface area contributed by atoms with E-state index in [-0.39, 0.29) is 16.2 Å². The van der Waals surface area contributed by atoms with E-state index in [2.05, 4.69) is 33.9 Å². The summed E-state index contributed by atoms with van der Waals surface area (Å²) in [5.41, 5.74) is 6.01. The van der Waals surface area contributed by atoms with Crippen LogP contribution in [0, 0.1) is 0 Å². The second-order valence-electron chi connectivity index (χ2n) is 6.54. The Hall–Kier alpha value is -1.75. The first kappa shape index (κ1) is 14.7. The summed E-state index contributed by atoms with van der Waals surface area (Å²) in [4.78, 5) is 12.0.